The zero-order valence-corrected chi connectivity index (χ0v) is 21.5. The molecule has 13 heteroatoms. The number of benzene rings is 2. The number of fused-ring (bicyclic) bond motifs is 1. The van der Waals surface area contributed by atoms with Crippen molar-refractivity contribution in [3.05, 3.63) is 94.4 Å². The number of rotatable bonds is 2. The topological polar surface area (TPSA) is 112 Å². The molecule has 1 unspecified atom stereocenters. The lowest BCUT2D eigenvalue weighted by molar-refractivity contribution is -0.192. The average Bonchev–Trinajstić information content (AvgIpc) is 3.57. The van der Waals surface area contributed by atoms with E-state index in [1.165, 1.54) is 5.01 Å². The number of carboxylic acid groups (broad SMARTS) is 1. The first kappa shape index (κ1) is 28.1. The number of nitrogens with one attached hydrogen (secondary N) is 1. The van der Waals surface area contributed by atoms with E-state index in [0.29, 0.717) is 22.8 Å². The molecular formula is C27H20ClF3N6O3. The number of hydrazone groups is 1. The summed E-state index contributed by atoms with van der Waals surface area (Å²) in [6.45, 7) is 1.98. The molecule has 0 radical (unpaired) electrons. The molecule has 2 N–H and O–H groups in total. The van der Waals surface area contributed by atoms with E-state index in [1.54, 1.807) is 23.1 Å². The van der Waals surface area contributed by atoms with Gasteiger partial charge in [0.05, 0.1) is 12.2 Å². The van der Waals surface area contributed by atoms with Gasteiger partial charge in [-0.3, -0.25) is 0 Å². The highest BCUT2D eigenvalue weighted by molar-refractivity contribution is 6.30. The molecule has 1 aliphatic rings. The molecule has 1 atom stereocenters. The number of carboxylic acids is 1. The molecule has 4 aromatic rings. The molecule has 0 bridgehead atoms. The van der Waals surface area contributed by atoms with Gasteiger partial charge in [0.25, 0.3) is 0 Å². The van der Waals surface area contributed by atoms with Crippen LogP contribution in [-0.2, 0) is 4.79 Å². The molecule has 5 rings (SSSR count). The fourth-order valence-electron chi connectivity index (χ4n) is 3.63. The Morgan fingerprint density at radius 2 is 1.85 bits per heavy atom. The number of nitrogens with zero attached hydrogens (tertiary/aromatic N) is 5. The van der Waals surface area contributed by atoms with E-state index in [4.69, 9.17) is 21.5 Å². The Hall–Kier alpha value is -4.89. The molecule has 0 spiro atoms. The van der Waals surface area contributed by atoms with Crippen LogP contribution in [-0.4, -0.2) is 49.1 Å². The van der Waals surface area contributed by atoms with Gasteiger partial charge in [-0.25, -0.2) is 24.1 Å². The minimum Gasteiger partial charge on any atom is -0.475 e. The van der Waals surface area contributed by atoms with Crippen molar-refractivity contribution in [3.63, 3.8) is 0 Å². The van der Waals surface area contributed by atoms with Gasteiger partial charge in [-0.2, -0.15) is 23.4 Å². The molecule has 2 aromatic heterocycles. The van der Waals surface area contributed by atoms with Crippen LogP contribution >= 0.6 is 11.6 Å². The normalized spacial score (nSPS) is 14.2. The summed E-state index contributed by atoms with van der Waals surface area (Å²) >= 11 is 6.00. The van der Waals surface area contributed by atoms with Gasteiger partial charge in [-0.05, 0) is 60.4 Å². The highest BCUT2D eigenvalue weighted by Gasteiger charge is 2.38. The maximum atomic E-state index is 13.0. The fraction of sp³-hybridized carbons (Fsp3) is 0.148. The number of aryl methyl sites for hydroxylation is 1. The first-order valence-corrected chi connectivity index (χ1v) is 12.0. The summed E-state index contributed by atoms with van der Waals surface area (Å²) in [5.74, 6) is 3.54. The van der Waals surface area contributed by atoms with E-state index in [9.17, 15) is 18.0 Å². The second-order valence-corrected chi connectivity index (χ2v) is 8.83. The van der Waals surface area contributed by atoms with E-state index in [-0.39, 0.29) is 12.1 Å². The van der Waals surface area contributed by atoms with Gasteiger partial charge in [0, 0.05) is 35.1 Å². The number of carbonyl (C=O) groups is 2. The van der Waals surface area contributed by atoms with Crippen LogP contribution in [0.4, 0.5) is 23.7 Å². The number of anilines is 1. The monoisotopic (exact) mass is 568 g/mol. The van der Waals surface area contributed by atoms with Crippen LogP contribution in [0.2, 0.25) is 5.02 Å². The lowest BCUT2D eigenvalue weighted by Crippen LogP contribution is -2.31. The smallest absolute Gasteiger partial charge is 0.475 e. The van der Waals surface area contributed by atoms with Gasteiger partial charge in [0.1, 0.15) is 5.69 Å². The minimum absolute atomic E-state index is 0.172. The van der Waals surface area contributed by atoms with Crippen molar-refractivity contribution in [2.45, 2.75) is 25.6 Å². The van der Waals surface area contributed by atoms with Crippen LogP contribution in [0.5, 0.6) is 0 Å². The van der Waals surface area contributed by atoms with Crippen molar-refractivity contribution in [1.82, 2.24) is 19.6 Å². The van der Waals surface area contributed by atoms with Crippen molar-refractivity contribution in [2.24, 2.45) is 5.10 Å². The SMILES string of the molecule is Cc1ccc(NC(=O)N2N=CCC2c2ccc(Cl)cc2)cc1C#Cc1cnc2cccnn12.O=C(O)C(F)(F)F. The second kappa shape index (κ2) is 11.9. The summed E-state index contributed by atoms with van der Waals surface area (Å²) in [7, 11) is 0. The number of imidazole rings is 1. The molecule has 0 saturated carbocycles. The number of hydrogen-bond acceptors (Lipinski definition) is 5. The molecular weight excluding hydrogens is 549 g/mol. The van der Waals surface area contributed by atoms with Crippen molar-refractivity contribution >= 4 is 41.2 Å². The van der Waals surface area contributed by atoms with E-state index in [1.807, 2.05) is 61.5 Å². The second-order valence-electron chi connectivity index (χ2n) is 8.40. The quantitative estimate of drug-likeness (QED) is 0.302. The van der Waals surface area contributed by atoms with Crippen LogP contribution in [0.1, 0.15) is 34.8 Å². The van der Waals surface area contributed by atoms with Crippen LogP contribution in [0.25, 0.3) is 5.65 Å². The number of carbonyl (C=O) groups excluding carboxylic acids is 1. The van der Waals surface area contributed by atoms with E-state index in [2.05, 4.69) is 32.3 Å². The Kier molecular flexibility index (Phi) is 8.35. The van der Waals surface area contributed by atoms with Gasteiger partial charge in [0.15, 0.2) is 5.65 Å². The average molecular weight is 569 g/mol. The first-order valence-electron chi connectivity index (χ1n) is 11.6. The molecule has 0 aliphatic carbocycles. The Morgan fingerprint density at radius 3 is 2.55 bits per heavy atom. The van der Waals surface area contributed by atoms with Crippen molar-refractivity contribution in [3.8, 4) is 11.8 Å². The minimum atomic E-state index is -5.08. The van der Waals surface area contributed by atoms with Gasteiger partial charge in [-0.1, -0.05) is 35.7 Å². The summed E-state index contributed by atoms with van der Waals surface area (Å²) in [5, 5.41) is 20.7. The van der Waals surface area contributed by atoms with E-state index < -0.39 is 12.1 Å². The maximum absolute atomic E-state index is 13.0. The molecule has 1 aliphatic heterocycles. The van der Waals surface area contributed by atoms with Crippen molar-refractivity contribution in [2.75, 3.05) is 5.32 Å². The molecule has 40 heavy (non-hydrogen) atoms. The molecule has 2 amide bonds. The number of alkyl halides is 3. The Balaban J connectivity index is 0.000000470. The third kappa shape index (κ3) is 6.75. The lowest BCUT2D eigenvalue weighted by Gasteiger charge is -2.22. The highest BCUT2D eigenvalue weighted by Crippen LogP contribution is 2.29. The molecule has 2 aromatic carbocycles. The standard InChI is InChI=1S/C25H19ClN6O.C2HF3O2/c1-17-4-10-21(15-19(17)7-11-22-16-27-24-3-2-13-28-31(22)24)30-25(33)32-23(12-14-29-32)18-5-8-20(26)9-6-18;3-2(4,5)1(6)7/h2-6,8-10,13-16,23H,12H2,1H3,(H,30,33);(H,6,7). The van der Waals surface area contributed by atoms with Crippen LogP contribution < -0.4 is 5.32 Å². The van der Waals surface area contributed by atoms with Gasteiger partial charge in [-0.15, -0.1) is 0 Å². The summed E-state index contributed by atoms with van der Waals surface area (Å²) in [6.07, 6.45) is 0.694. The Bertz CT molecular complexity index is 1640. The molecule has 0 saturated heterocycles. The third-order valence-electron chi connectivity index (χ3n) is 5.63. The van der Waals surface area contributed by atoms with Crippen LogP contribution in [0, 0.1) is 18.8 Å². The van der Waals surface area contributed by atoms with E-state index >= 15 is 0 Å². The summed E-state index contributed by atoms with van der Waals surface area (Å²) in [4.78, 5) is 26.2. The third-order valence-corrected chi connectivity index (χ3v) is 5.88. The Morgan fingerprint density at radius 1 is 1.12 bits per heavy atom. The van der Waals surface area contributed by atoms with E-state index in [0.717, 1.165) is 22.3 Å². The summed E-state index contributed by atoms with van der Waals surface area (Å²) < 4.78 is 33.4. The van der Waals surface area contributed by atoms with Gasteiger partial charge >= 0.3 is 18.2 Å². The zero-order valence-electron chi connectivity index (χ0n) is 20.7. The van der Waals surface area contributed by atoms with Gasteiger partial charge < -0.3 is 10.4 Å². The number of amides is 2. The highest BCUT2D eigenvalue weighted by atomic mass is 35.5. The number of hydrogen-bond donors (Lipinski definition) is 2. The Labute approximate surface area is 230 Å². The number of aromatic nitrogens is 3. The van der Waals surface area contributed by atoms with Crippen molar-refractivity contribution in [1.29, 1.82) is 0 Å². The molecule has 3 heterocycles. The van der Waals surface area contributed by atoms with Crippen molar-refractivity contribution < 1.29 is 27.9 Å². The largest absolute Gasteiger partial charge is 0.490 e. The summed E-state index contributed by atoms with van der Waals surface area (Å²) in [5.41, 5.74) is 4.85. The predicted octanol–water partition coefficient (Wildman–Crippen LogP) is 5.69. The number of urea groups is 1. The van der Waals surface area contributed by atoms with Gasteiger partial charge in [0.2, 0.25) is 0 Å². The molecule has 0 fully saturated rings. The number of halogens is 4. The van der Waals surface area contributed by atoms with Crippen LogP contribution in [0.3, 0.4) is 0 Å². The number of aliphatic carboxylic acids is 1. The maximum Gasteiger partial charge on any atom is 0.490 e. The first-order chi connectivity index (χ1) is 19.0. The molecule has 9 nitrogen and oxygen atoms in total. The lowest BCUT2D eigenvalue weighted by atomic mass is 10.0. The summed E-state index contributed by atoms with van der Waals surface area (Å²) in [6, 6.07) is 16.3. The molecule has 204 valence electrons. The fourth-order valence-corrected chi connectivity index (χ4v) is 3.76. The van der Waals surface area contributed by atoms with Crippen LogP contribution in [0.15, 0.2) is 72.1 Å². The predicted molar refractivity (Wildman–Crippen MR) is 142 cm³/mol. The zero-order chi connectivity index (χ0) is 28.9.